The number of anilines is 1. The zero-order valence-corrected chi connectivity index (χ0v) is 21.2. The molecule has 0 spiro atoms. The monoisotopic (exact) mass is 509 g/mol. The third-order valence-corrected chi connectivity index (χ3v) is 7.20. The second kappa shape index (κ2) is 8.82. The summed E-state index contributed by atoms with van der Waals surface area (Å²) in [7, 11) is 0. The van der Waals surface area contributed by atoms with E-state index in [1.165, 1.54) is 0 Å². The van der Waals surface area contributed by atoms with Gasteiger partial charge in [0.1, 0.15) is 11.5 Å². The number of fused-ring (bicyclic) bond motifs is 1. The number of likely N-dealkylation sites (N-methyl/N-ethyl adjacent to an activating group) is 1. The molecule has 0 saturated carbocycles. The lowest BCUT2D eigenvalue weighted by Gasteiger charge is -2.48. The Labute approximate surface area is 213 Å². The van der Waals surface area contributed by atoms with Crippen LogP contribution in [-0.2, 0) is 4.79 Å². The molecule has 0 bridgehead atoms. The summed E-state index contributed by atoms with van der Waals surface area (Å²) in [5, 5.41) is 19.2. The SMILES string of the molecule is CCNC1(C(=O)O)CN(c2c(C)c(C)nc3c(-c4ccc(Cl)cc4)c(-c4ccccc4Cl)nn23)C1. The molecule has 1 aliphatic rings. The van der Waals surface area contributed by atoms with Gasteiger partial charge in [0.05, 0.1) is 23.7 Å². The molecule has 3 heterocycles. The number of hydrogen-bond donors (Lipinski definition) is 2. The number of aromatic nitrogens is 3. The largest absolute Gasteiger partial charge is 0.480 e. The first-order chi connectivity index (χ1) is 16.8. The molecule has 2 aromatic heterocycles. The van der Waals surface area contributed by atoms with Gasteiger partial charge in [-0.1, -0.05) is 60.5 Å². The summed E-state index contributed by atoms with van der Waals surface area (Å²) in [6.07, 6.45) is 0. The fourth-order valence-electron chi connectivity index (χ4n) is 4.73. The first-order valence-corrected chi connectivity index (χ1v) is 12.2. The van der Waals surface area contributed by atoms with E-state index in [1.54, 1.807) is 0 Å². The second-order valence-corrected chi connectivity index (χ2v) is 9.71. The maximum Gasteiger partial charge on any atom is 0.327 e. The summed E-state index contributed by atoms with van der Waals surface area (Å²) in [5.74, 6) is -0.0230. The van der Waals surface area contributed by atoms with Crippen LogP contribution in [0.5, 0.6) is 0 Å². The van der Waals surface area contributed by atoms with Crippen molar-refractivity contribution in [1.82, 2.24) is 19.9 Å². The molecule has 5 rings (SSSR count). The van der Waals surface area contributed by atoms with E-state index in [4.69, 9.17) is 33.3 Å². The first-order valence-electron chi connectivity index (χ1n) is 11.4. The van der Waals surface area contributed by atoms with E-state index in [0.29, 0.717) is 41.0 Å². The molecule has 1 saturated heterocycles. The van der Waals surface area contributed by atoms with Crippen LogP contribution in [0.2, 0.25) is 10.0 Å². The van der Waals surface area contributed by atoms with Crippen molar-refractivity contribution in [3.05, 3.63) is 69.8 Å². The van der Waals surface area contributed by atoms with Crippen molar-refractivity contribution in [2.24, 2.45) is 0 Å². The summed E-state index contributed by atoms with van der Waals surface area (Å²) >= 11 is 12.8. The van der Waals surface area contributed by atoms with Crippen molar-refractivity contribution in [1.29, 1.82) is 0 Å². The number of carbonyl (C=O) groups is 1. The van der Waals surface area contributed by atoms with Crippen molar-refractivity contribution in [2.75, 3.05) is 24.5 Å². The number of hydrogen-bond acceptors (Lipinski definition) is 5. The van der Waals surface area contributed by atoms with Crippen molar-refractivity contribution in [2.45, 2.75) is 26.3 Å². The van der Waals surface area contributed by atoms with Crippen LogP contribution in [-0.4, -0.2) is 50.8 Å². The lowest BCUT2D eigenvalue weighted by molar-refractivity contribution is -0.146. The van der Waals surface area contributed by atoms with E-state index in [9.17, 15) is 9.90 Å². The summed E-state index contributed by atoms with van der Waals surface area (Å²) in [4.78, 5) is 19.0. The van der Waals surface area contributed by atoms with E-state index < -0.39 is 11.5 Å². The van der Waals surface area contributed by atoms with E-state index >= 15 is 0 Å². The van der Waals surface area contributed by atoms with Crippen LogP contribution in [0.3, 0.4) is 0 Å². The highest BCUT2D eigenvalue weighted by Gasteiger charge is 2.50. The van der Waals surface area contributed by atoms with Gasteiger partial charge in [-0.2, -0.15) is 9.61 Å². The van der Waals surface area contributed by atoms with Gasteiger partial charge in [-0.25, -0.2) is 4.98 Å². The maximum absolute atomic E-state index is 12.0. The highest BCUT2D eigenvalue weighted by atomic mass is 35.5. The number of benzene rings is 2. The lowest BCUT2D eigenvalue weighted by atomic mass is 9.89. The quantitative estimate of drug-likeness (QED) is 0.369. The van der Waals surface area contributed by atoms with Gasteiger partial charge in [0.25, 0.3) is 0 Å². The van der Waals surface area contributed by atoms with Gasteiger partial charge in [-0.15, -0.1) is 0 Å². The predicted octanol–water partition coefficient (Wildman–Crippen LogP) is 5.24. The summed E-state index contributed by atoms with van der Waals surface area (Å²) in [6.45, 7) is 7.09. The minimum Gasteiger partial charge on any atom is -0.480 e. The smallest absolute Gasteiger partial charge is 0.327 e. The number of halogens is 2. The van der Waals surface area contributed by atoms with Crippen LogP contribution in [0.15, 0.2) is 48.5 Å². The highest BCUT2D eigenvalue weighted by molar-refractivity contribution is 6.33. The van der Waals surface area contributed by atoms with Gasteiger partial charge in [-0.05, 0) is 44.2 Å². The zero-order valence-electron chi connectivity index (χ0n) is 19.6. The van der Waals surface area contributed by atoms with E-state index in [-0.39, 0.29) is 0 Å². The van der Waals surface area contributed by atoms with Crippen LogP contribution in [0.25, 0.3) is 28.0 Å². The number of nitrogens with zero attached hydrogens (tertiary/aromatic N) is 4. The van der Waals surface area contributed by atoms with Crippen molar-refractivity contribution in [3.63, 3.8) is 0 Å². The molecule has 0 radical (unpaired) electrons. The molecular formula is C26H25Cl2N5O2. The van der Waals surface area contributed by atoms with E-state index in [2.05, 4.69) is 5.32 Å². The molecule has 2 aromatic carbocycles. The standard InChI is InChI=1S/C26H25Cl2N5O2/c1-4-29-26(25(34)35)13-32(14-26)24-15(2)16(3)30-23-21(17-9-11-18(27)12-10-17)22(31-33(23)24)19-7-5-6-8-20(19)28/h5-12,29H,4,13-14H2,1-3H3,(H,34,35). The number of carboxylic acid groups (broad SMARTS) is 1. The Bertz CT molecular complexity index is 1440. The van der Waals surface area contributed by atoms with E-state index in [1.807, 2.05) is 78.7 Å². The van der Waals surface area contributed by atoms with Crippen molar-refractivity contribution < 1.29 is 9.90 Å². The topological polar surface area (TPSA) is 82.8 Å². The second-order valence-electron chi connectivity index (χ2n) is 8.87. The van der Waals surface area contributed by atoms with E-state index in [0.717, 1.165) is 33.8 Å². The molecule has 0 aliphatic carbocycles. The molecule has 0 unspecified atom stereocenters. The molecule has 35 heavy (non-hydrogen) atoms. The molecule has 2 N–H and O–H groups in total. The van der Waals surface area contributed by atoms with Crippen LogP contribution in [0.4, 0.5) is 5.82 Å². The summed E-state index contributed by atoms with van der Waals surface area (Å²) in [5.41, 5.74) is 4.75. The number of nitrogens with one attached hydrogen (secondary N) is 1. The Hall–Kier alpha value is -3.13. The minimum absolute atomic E-state index is 0.327. The van der Waals surface area contributed by atoms with Gasteiger partial charge < -0.3 is 10.0 Å². The average molecular weight is 510 g/mol. The summed E-state index contributed by atoms with van der Waals surface area (Å²) in [6, 6.07) is 15.2. The van der Waals surface area contributed by atoms with Gasteiger partial charge in [0.2, 0.25) is 0 Å². The molecule has 1 aliphatic heterocycles. The molecule has 4 aromatic rings. The Balaban J connectivity index is 1.76. The van der Waals surface area contributed by atoms with Crippen LogP contribution in [0.1, 0.15) is 18.2 Å². The third-order valence-electron chi connectivity index (χ3n) is 6.62. The molecule has 7 nitrogen and oxygen atoms in total. The van der Waals surface area contributed by atoms with Crippen LogP contribution >= 0.6 is 23.2 Å². The Kier molecular flexibility index (Phi) is 5.95. The summed E-state index contributed by atoms with van der Waals surface area (Å²) < 4.78 is 1.82. The number of aliphatic carboxylic acids is 1. The number of aryl methyl sites for hydroxylation is 1. The molecular weight excluding hydrogens is 485 g/mol. The van der Waals surface area contributed by atoms with Crippen molar-refractivity contribution >= 4 is 40.6 Å². The Morgan fingerprint density at radius 3 is 2.43 bits per heavy atom. The third kappa shape index (κ3) is 3.84. The fraction of sp³-hybridized carbons (Fsp3) is 0.269. The fourth-order valence-corrected chi connectivity index (χ4v) is 5.09. The normalized spacial score (nSPS) is 14.8. The Morgan fingerprint density at radius 1 is 1.11 bits per heavy atom. The van der Waals surface area contributed by atoms with Gasteiger partial charge in [0, 0.05) is 21.8 Å². The van der Waals surface area contributed by atoms with Crippen LogP contribution < -0.4 is 10.2 Å². The first kappa shape index (κ1) is 23.6. The number of carboxylic acids is 1. The predicted molar refractivity (Wildman–Crippen MR) is 140 cm³/mol. The van der Waals surface area contributed by atoms with Gasteiger partial charge >= 0.3 is 5.97 Å². The zero-order chi connectivity index (χ0) is 24.9. The van der Waals surface area contributed by atoms with Crippen molar-refractivity contribution in [3.8, 4) is 22.4 Å². The Morgan fingerprint density at radius 2 is 1.80 bits per heavy atom. The highest BCUT2D eigenvalue weighted by Crippen LogP contribution is 2.41. The van der Waals surface area contributed by atoms with Gasteiger partial charge in [0.15, 0.2) is 11.2 Å². The molecule has 9 heteroatoms. The molecule has 1 fully saturated rings. The van der Waals surface area contributed by atoms with Gasteiger partial charge in [-0.3, -0.25) is 10.1 Å². The molecule has 0 atom stereocenters. The minimum atomic E-state index is -0.984. The molecule has 180 valence electrons. The van der Waals surface area contributed by atoms with Crippen LogP contribution in [0, 0.1) is 13.8 Å². The average Bonchev–Trinajstić information content (AvgIpc) is 3.16. The lowest BCUT2D eigenvalue weighted by Crippen LogP contribution is -2.73. The molecule has 0 amide bonds. The number of rotatable bonds is 6. The maximum atomic E-state index is 12.0.